The van der Waals surface area contributed by atoms with E-state index in [9.17, 15) is 23.4 Å². The number of methoxy groups -OCH3 is 1. The summed E-state index contributed by atoms with van der Waals surface area (Å²) in [5.74, 6) is -0.0337. The van der Waals surface area contributed by atoms with Gasteiger partial charge in [-0.15, -0.1) is 0 Å². The number of phenols is 1. The summed E-state index contributed by atoms with van der Waals surface area (Å²) < 4.78 is 33.0. The minimum Gasteiger partial charge on any atom is -0.508 e. The van der Waals surface area contributed by atoms with Crippen molar-refractivity contribution in [2.75, 3.05) is 13.7 Å². The first-order valence-electron chi connectivity index (χ1n) is 12.7. The van der Waals surface area contributed by atoms with E-state index < -0.39 is 40.7 Å². The van der Waals surface area contributed by atoms with Crippen molar-refractivity contribution in [3.05, 3.63) is 89.5 Å². The van der Waals surface area contributed by atoms with Gasteiger partial charge in [0.05, 0.1) is 36.8 Å². The topological polar surface area (TPSA) is 125 Å². The van der Waals surface area contributed by atoms with Crippen LogP contribution in [0.5, 0.6) is 11.5 Å². The van der Waals surface area contributed by atoms with Gasteiger partial charge < -0.3 is 20.3 Å². The first-order valence-corrected chi connectivity index (χ1v) is 14.2. The van der Waals surface area contributed by atoms with Gasteiger partial charge in [-0.1, -0.05) is 47.8 Å². The van der Waals surface area contributed by atoms with Gasteiger partial charge in [0, 0.05) is 11.1 Å². The molecule has 210 valence electrons. The van der Waals surface area contributed by atoms with Crippen molar-refractivity contribution in [3.8, 4) is 11.5 Å². The number of hydrogen-bond acceptors (Lipinski definition) is 7. The zero-order valence-corrected chi connectivity index (χ0v) is 23.4. The Hall–Kier alpha value is -3.44. The van der Waals surface area contributed by atoms with E-state index in [-0.39, 0.29) is 22.6 Å². The smallest absolute Gasteiger partial charge is 0.265 e. The molecule has 3 atom stereocenters. The lowest BCUT2D eigenvalue weighted by atomic mass is 10.00. The van der Waals surface area contributed by atoms with Crippen LogP contribution in [-0.2, 0) is 21.3 Å². The standard InChI is InChI=1S/C29H36N2O7S/c1-5-20(2)38-31(39(35,36)24-16-14-23(37-4)15-17-24)19-28(33)26(18-22-10-7-6-8-11-22)30-29(34)25-12-9-13-27(32)21(25)3/h6-17,20,26,28,32-33H,5,18-19H2,1-4H3,(H,30,34)/t20?,26-,28?/m0/s1. The number of hydrogen-bond donors (Lipinski definition) is 3. The molecular weight excluding hydrogens is 520 g/mol. The summed E-state index contributed by atoms with van der Waals surface area (Å²) in [6.45, 7) is 4.78. The molecule has 9 nitrogen and oxygen atoms in total. The lowest BCUT2D eigenvalue weighted by molar-refractivity contribution is -0.142. The predicted octanol–water partition coefficient (Wildman–Crippen LogP) is 3.83. The second kappa shape index (κ2) is 13.6. The number of aromatic hydroxyl groups is 1. The Balaban J connectivity index is 1.92. The van der Waals surface area contributed by atoms with Gasteiger partial charge in [0.25, 0.3) is 15.9 Å². The molecule has 39 heavy (non-hydrogen) atoms. The van der Waals surface area contributed by atoms with Crippen molar-refractivity contribution < 1.29 is 33.0 Å². The van der Waals surface area contributed by atoms with Crippen molar-refractivity contribution in [3.63, 3.8) is 0 Å². The first kappa shape index (κ1) is 30.1. The highest BCUT2D eigenvalue weighted by molar-refractivity contribution is 7.89. The van der Waals surface area contributed by atoms with Crippen LogP contribution >= 0.6 is 0 Å². The van der Waals surface area contributed by atoms with E-state index in [1.807, 2.05) is 37.3 Å². The molecule has 0 aromatic heterocycles. The summed E-state index contributed by atoms with van der Waals surface area (Å²) in [6, 6.07) is 18.8. The van der Waals surface area contributed by atoms with Crippen LogP contribution in [0.4, 0.5) is 0 Å². The molecule has 0 saturated heterocycles. The number of carbonyl (C=O) groups is 1. The molecule has 3 rings (SSSR count). The molecule has 0 aliphatic heterocycles. The van der Waals surface area contributed by atoms with Gasteiger partial charge in [-0.2, -0.15) is 0 Å². The molecule has 0 heterocycles. The second-order valence-electron chi connectivity index (χ2n) is 9.28. The molecule has 0 aliphatic rings. The number of aliphatic hydroxyl groups is 1. The Labute approximate surface area is 230 Å². The molecule has 0 spiro atoms. The number of ether oxygens (including phenoxy) is 1. The predicted molar refractivity (Wildman–Crippen MR) is 148 cm³/mol. The number of carbonyl (C=O) groups excluding carboxylic acids is 1. The number of phenolic OH excluding ortho intramolecular Hbond substituents is 1. The molecule has 0 fully saturated rings. The van der Waals surface area contributed by atoms with Crippen LogP contribution in [0.3, 0.4) is 0 Å². The highest BCUT2D eigenvalue weighted by Crippen LogP contribution is 2.23. The number of benzene rings is 3. The summed E-state index contributed by atoms with van der Waals surface area (Å²) in [6.07, 6.45) is -1.04. The summed E-state index contributed by atoms with van der Waals surface area (Å²) in [7, 11) is -2.69. The fraction of sp³-hybridized carbons (Fsp3) is 0.345. The maximum Gasteiger partial charge on any atom is 0.265 e. The molecule has 3 aromatic rings. The number of amides is 1. The third-order valence-electron chi connectivity index (χ3n) is 6.46. The number of rotatable bonds is 13. The van der Waals surface area contributed by atoms with E-state index in [1.165, 1.54) is 37.4 Å². The third kappa shape index (κ3) is 7.79. The van der Waals surface area contributed by atoms with Crippen LogP contribution in [0.15, 0.2) is 77.7 Å². The Morgan fingerprint density at radius 3 is 2.31 bits per heavy atom. The van der Waals surface area contributed by atoms with Crippen LogP contribution in [-0.4, -0.2) is 60.9 Å². The van der Waals surface area contributed by atoms with E-state index >= 15 is 0 Å². The van der Waals surface area contributed by atoms with Crippen molar-refractivity contribution >= 4 is 15.9 Å². The average molecular weight is 557 g/mol. The van der Waals surface area contributed by atoms with E-state index in [0.29, 0.717) is 17.7 Å². The monoisotopic (exact) mass is 556 g/mol. The normalized spacial score (nSPS) is 14.0. The Kier molecular flexibility index (Phi) is 10.5. The summed E-state index contributed by atoms with van der Waals surface area (Å²) >= 11 is 0. The zero-order chi connectivity index (χ0) is 28.6. The lowest BCUT2D eigenvalue weighted by Gasteiger charge is -2.30. The molecular formula is C29H36N2O7S. The van der Waals surface area contributed by atoms with Gasteiger partial charge >= 0.3 is 0 Å². The van der Waals surface area contributed by atoms with E-state index in [4.69, 9.17) is 9.57 Å². The van der Waals surface area contributed by atoms with Crippen LogP contribution in [0.25, 0.3) is 0 Å². The molecule has 0 bridgehead atoms. The van der Waals surface area contributed by atoms with E-state index in [2.05, 4.69) is 5.32 Å². The summed E-state index contributed by atoms with van der Waals surface area (Å²) in [4.78, 5) is 19.0. The minimum atomic E-state index is -4.18. The molecule has 1 amide bonds. The maximum absolute atomic E-state index is 13.6. The number of nitrogens with zero attached hydrogens (tertiary/aromatic N) is 1. The number of hydroxylamine groups is 1. The molecule has 3 N–H and O–H groups in total. The maximum atomic E-state index is 13.6. The van der Waals surface area contributed by atoms with Crippen molar-refractivity contribution in [1.29, 1.82) is 0 Å². The molecule has 10 heteroatoms. The summed E-state index contributed by atoms with van der Waals surface area (Å²) in [5.41, 5.74) is 1.48. The number of sulfonamides is 1. The fourth-order valence-corrected chi connectivity index (χ4v) is 5.21. The first-order chi connectivity index (χ1) is 18.6. The SMILES string of the molecule is CCC(C)ON(CC(O)[C@H](Cc1ccccc1)NC(=O)c1cccc(O)c1C)S(=O)(=O)c1ccc(OC)cc1. The zero-order valence-electron chi connectivity index (χ0n) is 22.6. The van der Waals surface area contributed by atoms with E-state index in [0.717, 1.165) is 10.0 Å². The Morgan fingerprint density at radius 2 is 1.69 bits per heavy atom. The van der Waals surface area contributed by atoms with Crippen molar-refractivity contribution in [1.82, 2.24) is 9.79 Å². The van der Waals surface area contributed by atoms with Crippen LogP contribution in [0.2, 0.25) is 0 Å². The lowest BCUT2D eigenvalue weighted by Crippen LogP contribution is -2.51. The van der Waals surface area contributed by atoms with E-state index in [1.54, 1.807) is 26.0 Å². The van der Waals surface area contributed by atoms with Crippen molar-refractivity contribution in [2.24, 2.45) is 0 Å². The van der Waals surface area contributed by atoms with Crippen LogP contribution in [0.1, 0.15) is 41.8 Å². The highest BCUT2D eigenvalue weighted by atomic mass is 32.2. The van der Waals surface area contributed by atoms with Gasteiger partial charge in [0.2, 0.25) is 0 Å². The average Bonchev–Trinajstić information content (AvgIpc) is 2.94. The number of aliphatic hydroxyl groups excluding tert-OH is 1. The Bertz CT molecular complexity index is 1330. The summed E-state index contributed by atoms with van der Waals surface area (Å²) in [5, 5.41) is 24.3. The molecule has 3 aromatic carbocycles. The van der Waals surface area contributed by atoms with Crippen molar-refractivity contribution in [2.45, 2.75) is 56.8 Å². The van der Waals surface area contributed by atoms with Gasteiger partial charge in [-0.3, -0.25) is 9.63 Å². The molecule has 2 unspecified atom stereocenters. The molecule has 0 saturated carbocycles. The number of nitrogens with one attached hydrogen (secondary N) is 1. The second-order valence-corrected chi connectivity index (χ2v) is 11.1. The minimum absolute atomic E-state index is 0.0264. The quantitative estimate of drug-likeness (QED) is 0.273. The largest absolute Gasteiger partial charge is 0.508 e. The highest BCUT2D eigenvalue weighted by Gasteiger charge is 2.33. The molecule has 0 aliphatic carbocycles. The van der Waals surface area contributed by atoms with Gasteiger partial charge in [-0.25, -0.2) is 8.42 Å². The Morgan fingerprint density at radius 1 is 1.03 bits per heavy atom. The van der Waals surface area contributed by atoms with Gasteiger partial charge in [0.1, 0.15) is 11.5 Å². The fourth-order valence-electron chi connectivity index (χ4n) is 3.89. The van der Waals surface area contributed by atoms with Crippen LogP contribution in [0, 0.1) is 6.92 Å². The molecule has 0 radical (unpaired) electrons. The van der Waals surface area contributed by atoms with Gasteiger partial charge in [-0.05, 0) is 68.7 Å². The van der Waals surface area contributed by atoms with Crippen LogP contribution < -0.4 is 10.1 Å². The van der Waals surface area contributed by atoms with Gasteiger partial charge in [0.15, 0.2) is 0 Å². The third-order valence-corrected chi connectivity index (χ3v) is 8.10.